The molecule has 15 heavy (non-hydrogen) atoms. The molecule has 0 aliphatic heterocycles. The SMILES string of the molecule is C[C@@H](O)CNC(=O)c1cc(O)ccc1O. The third kappa shape index (κ3) is 3.14. The quantitative estimate of drug-likeness (QED) is 0.538. The molecule has 5 nitrogen and oxygen atoms in total. The summed E-state index contributed by atoms with van der Waals surface area (Å²) in [4.78, 5) is 11.4. The maximum absolute atomic E-state index is 11.4. The molecule has 5 heteroatoms. The van der Waals surface area contributed by atoms with Gasteiger partial charge in [-0.05, 0) is 25.1 Å². The van der Waals surface area contributed by atoms with Crippen molar-refractivity contribution in [1.82, 2.24) is 5.32 Å². The number of aliphatic hydroxyl groups excluding tert-OH is 1. The van der Waals surface area contributed by atoms with Crippen LogP contribution in [0.5, 0.6) is 11.5 Å². The maximum atomic E-state index is 11.4. The van der Waals surface area contributed by atoms with Crippen LogP contribution < -0.4 is 5.32 Å². The Hall–Kier alpha value is -1.75. The minimum absolute atomic E-state index is 0.0179. The molecule has 0 spiro atoms. The zero-order valence-electron chi connectivity index (χ0n) is 8.27. The highest BCUT2D eigenvalue weighted by Gasteiger charge is 2.11. The number of phenolic OH excluding ortho intramolecular Hbond substituents is 2. The van der Waals surface area contributed by atoms with E-state index < -0.39 is 12.0 Å². The van der Waals surface area contributed by atoms with Gasteiger partial charge in [0.1, 0.15) is 11.5 Å². The first-order valence-corrected chi connectivity index (χ1v) is 4.49. The molecule has 0 saturated heterocycles. The van der Waals surface area contributed by atoms with Crippen molar-refractivity contribution in [3.8, 4) is 11.5 Å². The largest absolute Gasteiger partial charge is 0.508 e. The predicted octanol–water partition coefficient (Wildman–Crippen LogP) is 0.208. The van der Waals surface area contributed by atoms with E-state index in [0.717, 1.165) is 6.07 Å². The van der Waals surface area contributed by atoms with E-state index in [1.807, 2.05) is 0 Å². The third-order valence-electron chi connectivity index (χ3n) is 1.78. The van der Waals surface area contributed by atoms with E-state index in [9.17, 15) is 9.90 Å². The lowest BCUT2D eigenvalue weighted by Gasteiger charge is -2.08. The van der Waals surface area contributed by atoms with Gasteiger partial charge in [-0.25, -0.2) is 0 Å². The van der Waals surface area contributed by atoms with Gasteiger partial charge in [-0.3, -0.25) is 4.79 Å². The Morgan fingerprint density at radius 1 is 1.47 bits per heavy atom. The van der Waals surface area contributed by atoms with Gasteiger partial charge in [0.15, 0.2) is 0 Å². The van der Waals surface area contributed by atoms with E-state index in [-0.39, 0.29) is 23.6 Å². The molecular formula is C10H13NO4. The zero-order valence-corrected chi connectivity index (χ0v) is 8.27. The Balaban J connectivity index is 2.77. The minimum Gasteiger partial charge on any atom is -0.508 e. The third-order valence-corrected chi connectivity index (χ3v) is 1.78. The molecule has 4 N–H and O–H groups in total. The van der Waals surface area contributed by atoms with Crippen molar-refractivity contribution in [3.05, 3.63) is 23.8 Å². The molecule has 1 aromatic carbocycles. The second kappa shape index (κ2) is 4.65. The number of hydrogen-bond donors (Lipinski definition) is 4. The number of carbonyl (C=O) groups is 1. The monoisotopic (exact) mass is 211 g/mol. The molecule has 82 valence electrons. The van der Waals surface area contributed by atoms with Crippen molar-refractivity contribution in [2.75, 3.05) is 6.54 Å². The molecule has 1 atom stereocenters. The highest BCUT2D eigenvalue weighted by atomic mass is 16.3. The van der Waals surface area contributed by atoms with Crippen LogP contribution in [0.25, 0.3) is 0 Å². The Labute approximate surface area is 87.0 Å². The van der Waals surface area contributed by atoms with Crippen LogP contribution in [0.3, 0.4) is 0 Å². The van der Waals surface area contributed by atoms with Crippen LogP contribution in [0, 0.1) is 0 Å². The van der Waals surface area contributed by atoms with Crippen LogP contribution in [-0.4, -0.2) is 33.9 Å². The average molecular weight is 211 g/mol. The minimum atomic E-state index is -0.659. The zero-order chi connectivity index (χ0) is 11.4. The molecule has 1 rings (SSSR count). The van der Waals surface area contributed by atoms with Crippen LogP contribution in [0.2, 0.25) is 0 Å². The fourth-order valence-electron chi connectivity index (χ4n) is 1.04. The van der Waals surface area contributed by atoms with Gasteiger partial charge < -0.3 is 20.6 Å². The predicted molar refractivity (Wildman–Crippen MR) is 53.8 cm³/mol. The lowest BCUT2D eigenvalue weighted by molar-refractivity contribution is 0.0921. The number of aromatic hydroxyl groups is 2. The summed E-state index contributed by atoms with van der Waals surface area (Å²) in [5.74, 6) is -0.852. The first-order chi connectivity index (χ1) is 7.00. The Morgan fingerprint density at radius 2 is 2.13 bits per heavy atom. The summed E-state index contributed by atoms with van der Waals surface area (Å²) in [6.07, 6.45) is -0.659. The van der Waals surface area contributed by atoms with Crippen molar-refractivity contribution < 1.29 is 20.1 Å². The fourth-order valence-corrected chi connectivity index (χ4v) is 1.04. The number of phenols is 2. The van der Waals surface area contributed by atoms with Crippen LogP contribution in [0.1, 0.15) is 17.3 Å². The number of aliphatic hydroxyl groups is 1. The van der Waals surface area contributed by atoms with Gasteiger partial charge in [0.05, 0.1) is 11.7 Å². The van der Waals surface area contributed by atoms with Crippen molar-refractivity contribution in [2.45, 2.75) is 13.0 Å². The van der Waals surface area contributed by atoms with Gasteiger partial charge in [-0.1, -0.05) is 0 Å². The highest BCUT2D eigenvalue weighted by Crippen LogP contribution is 2.21. The number of amides is 1. The molecule has 0 saturated carbocycles. The second-order valence-corrected chi connectivity index (χ2v) is 3.26. The van der Waals surface area contributed by atoms with Gasteiger partial charge in [-0.15, -0.1) is 0 Å². The van der Waals surface area contributed by atoms with Crippen molar-refractivity contribution in [1.29, 1.82) is 0 Å². The summed E-state index contributed by atoms with van der Waals surface area (Å²) < 4.78 is 0. The first-order valence-electron chi connectivity index (χ1n) is 4.49. The topological polar surface area (TPSA) is 89.8 Å². The van der Waals surface area contributed by atoms with Crippen molar-refractivity contribution >= 4 is 5.91 Å². The molecule has 0 heterocycles. The van der Waals surface area contributed by atoms with E-state index >= 15 is 0 Å². The summed E-state index contributed by atoms with van der Waals surface area (Å²) in [6, 6.07) is 3.67. The van der Waals surface area contributed by atoms with Crippen LogP contribution in [0.15, 0.2) is 18.2 Å². The Bertz CT molecular complexity index is 362. The van der Waals surface area contributed by atoms with Gasteiger partial charge in [0.25, 0.3) is 5.91 Å². The fraction of sp³-hybridized carbons (Fsp3) is 0.300. The van der Waals surface area contributed by atoms with Gasteiger partial charge in [0.2, 0.25) is 0 Å². The Kier molecular flexibility index (Phi) is 3.51. The molecule has 0 aliphatic rings. The van der Waals surface area contributed by atoms with Gasteiger partial charge in [0, 0.05) is 6.54 Å². The van der Waals surface area contributed by atoms with Gasteiger partial charge >= 0.3 is 0 Å². The number of hydrogen-bond acceptors (Lipinski definition) is 4. The van der Waals surface area contributed by atoms with Crippen molar-refractivity contribution in [3.63, 3.8) is 0 Å². The molecule has 0 radical (unpaired) electrons. The molecule has 0 unspecified atom stereocenters. The van der Waals surface area contributed by atoms with E-state index in [1.54, 1.807) is 0 Å². The average Bonchev–Trinajstić information content (AvgIpc) is 2.18. The second-order valence-electron chi connectivity index (χ2n) is 3.26. The first kappa shape index (κ1) is 11.3. The molecule has 0 aromatic heterocycles. The summed E-state index contributed by atoms with van der Waals surface area (Å²) in [5.41, 5.74) is -0.0179. The lowest BCUT2D eigenvalue weighted by Crippen LogP contribution is -2.30. The summed E-state index contributed by atoms with van der Waals surface area (Å²) >= 11 is 0. The summed E-state index contributed by atoms with van der Waals surface area (Å²) in [7, 11) is 0. The number of carbonyl (C=O) groups excluding carboxylic acids is 1. The molecule has 1 amide bonds. The Morgan fingerprint density at radius 3 is 2.73 bits per heavy atom. The molecule has 0 aliphatic carbocycles. The number of benzene rings is 1. The maximum Gasteiger partial charge on any atom is 0.255 e. The standard InChI is InChI=1S/C10H13NO4/c1-6(12)5-11-10(15)8-4-7(13)2-3-9(8)14/h2-4,6,12-14H,5H2,1H3,(H,11,15)/t6-/m1/s1. The van der Waals surface area contributed by atoms with Crippen LogP contribution in [-0.2, 0) is 0 Å². The summed E-state index contributed by atoms with van der Waals surface area (Å²) in [5, 5.41) is 29.8. The van der Waals surface area contributed by atoms with Crippen molar-refractivity contribution in [2.24, 2.45) is 0 Å². The van der Waals surface area contributed by atoms with Gasteiger partial charge in [-0.2, -0.15) is 0 Å². The summed E-state index contributed by atoms with van der Waals surface area (Å²) in [6.45, 7) is 1.62. The molecular weight excluding hydrogens is 198 g/mol. The number of rotatable bonds is 3. The van der Waals surface area contributed by atoms with E-state index in [2.05, 4.69) is 5.32 Å². The molecule has 1 aromatic rings. The molecule has 0 bridgehead atoms. The normalized spacial score (nSPS) is 12.1. The van der Waals surface area contributed by atoms with Crippen LogP contribution >= 0.6 is 0 Å². The van der Waals surface area contributed by atoms with E-state index in [0.29, 0.717) is 0 Å². The smallest absolute Gasteiger partial charge is 0.255 e. The van der Waals surface area contributed by atoms with Crippen LogP contribution in [0.4, 0.5) is 0 Å². The van der Waals surface area contributed by atoms with E-state index in [4.69, 9.17) is 10.2 Å². The molecule has 0 fully saturated rings. The highest BCUT2D eigenvalue weighted by molar-refractivity contribution is 5.97. The number of nitrogens with one attached hydrogen (secondary N) is 1. The van der Waals surface area contributed by atoms with E-state index in [1.165, 1.54) is 19.1 Å². The lowest BCUT2D eigenvalue weighted by atomic mass is 10.1.